The number of carbonyl (C=O) groups is 1. The average Bonchev–Trinajstić information content (AvgIpc) is 2.16. The van der Waals surface area contributed by atoms with Crippen LogP contribution in [0.5, 0.6) is 0 Å². The molecule has 0 aromatic carbocycles. The van der Waals surface area contributed by atoms with Crippen LogP contribution >= 0.6 is 0 Å². The fourth-order valence-electron chi connectivity index (χ4n) is 1.96. The number of alkyl halides is 3. The van der Waals surface area contributed by atoms with E-state index < -0.39 is 23.5 Å². The molecule has 1 rings (SSSR count). The number of carbonyl (C=O) groups excluding carboxylic acids is 1. The molecule has 1 aliphatic rings. The molecule has 0 aromatic rings. The molecule has 1 heterocycles. The number of likely N-dealkylation sites (tertiary alicyclic amines) is 1. The highest BCUT2D eigenvalue weighted by molar-refractivity contribution is 5.84. The van der Waals surface area contributed by atoms with Gasteiger partial charge in [0.25, 0.3) is 0 Å². The van der Waals surface area contributed by atoms with Gasteiger partial charge in [0.2, 0.25) is 5.91 Å². The Kier molecular flexibility index (Phi) is 4.03. The molecule has 1 amide bonds. The van der Waals surface area contributed by atoms with Crippen LogP contribution in [0.2, 0.25) is 0 Å². The van der Waals surface area contributed by atoms with Crippen molar-refractivity contribution in [1.29, 1.82) is 0 Å². The van der Waals surface area contributed by atoms with E-state index in [4.69, 9.17) is 11.5 Å². The van der Waals surface area contributed by atoms with Gasteiger partial charge in [-0.15, -0.1) is 0 Å². The predicted molar refractivity (Wildman–Crippen MR) is 57.0 cm³/mol. The zero-order valence-electron chi connectivity index (χ0n) is 9.76. The maximum atomic E-state index is 12.4. The fraction of sp³-hybridized carbons (Fsp3) is 0.900. The summed E-state index contributed by atoms with van der Waals surface area (Å²) < 4.78 is 37.3. The van der Waals surface area contributed by atoms with Crippen molar-refractivity contribution in [3.8, 4) is 0 Å². The van der Waals surface area contributed by atoms with E-state index in [0.29, 0.717) is 13.1 Å². The zero-order chi connectivity index (χ0) is 13.3. The molecule has 0 saturated carbocycles. The molecule has 17 heavy (non-hydrogen) atoms. The van der Waals surface area contributed by atoms with Crippen molar-refractivity contribution in [2.45, 2.75) is 31.5 Å². The third kappa shape index (κ3) is 3.85. The molecule has 4 nitrogen and oxygen atoms in total. The first-order valence-electron chi connectivity index (χ1n) is 5.51. The molecule has 0 aliphatic carbocycles. The van der Waals surface area contributed by atoms with Gasteiger partial charge in [-0.25, -0.2) is 0 Å². The molecule has 1 unspecified atom stereocenters. The Bertz CT molecular complexity index is 283. The van der Waals surface area contributed by atoms with Crippen LogP contribution in [0.4, 0.5) is 13.2 Å². The summed E-state index contributed by atoms with van der Waals surface area (Å²) in [7, 11) is 0. The molecule has 1 atom stereocenters. The van der Waals surface area contributed by atoms with E-state index in [1.54, 1.807) is 4.90 Å². The summed E-state index contributed by atoms with van der Waals surface area (Å²) in [5, 5.41) is 0. The quantitative estimate of drug-likeness (QED) is 0.767. The minimum atomic E-state index is -4.12. The Hall–Kier alpha value is -0.820. The van der Waals surface area contributed by atoms with Crippen LogP contribution in [0.3, 0.4) is 0 Å². The molecule has 1 saturated heterocycles. The molecule has 100 valence electrons. The summed E-state index contributed by atoms with van der Waals surface area (Å²) in [5.41, 5.74) is 9.60. The van der Waals surface area contributed by atoms with Crippen molar-refractivity contribution >= 4 is 5.91 Å². The Balaban J connectivity index is 2.46. The Morgan fingerprint density at radius 2 is 1.82 bits per heavy atom. The number of amides is 1. The second kappa shape index (κ2) is 4.81. The maximum Gasteiger partial charge on any atom is 0.391 e. The van der Waals surface area contributed by atoms with E-state index in [0.717, 1.165) is 0 Å². The van der Waals surface area contributed by atoms with Gasteiger partial charge in [0.05, 0.1) is 5.92 Å². The smallest absolute Gasteiger partial charge is 0.368 e. The van der Waals surface area contributed by atoms with Crippen molar-refractivity contribution in [2.24, 2.45) is 17.4 Å². The second-order valence-corrected chi connectivity index (χ2v) is 4.87. The predicted octanol–water partition coefficient (Wildman–Crippen LogP) is 0.463. The number of rotatable bonds is 3. The van der Waals surface area contributed by atoms with E-state index >= 15 is 0 Å². The van der Waals surface area contributed by atoms with Crippen LogP contribution in [0.25, 0.3) is 0 Å². The summed E-state index contributed by atoms with van der Waals surface area (Å²) in [6, 6.07) is 0. The van der Waals surface area contributed by atoms with E-state index in [2.05, 4.69) is 0 Å². The summed E-state index contributed by atoms with van der Waals surface area (Å²) >= 11 is 0. The summed E-state index contributed by atoms with van der Waals surface area (Å²) in [4.78, 5) is 12.8. The largest absolute Gasteiger partial charge is 0.391 e. The first-order valence-corrected chi connectivity index (χ1v) is 5.51. The van der Waals surface area contributed by atoms with Crippen molar-refractivity contribution in [2.75, 3.05) is 19.6 Å². The SMILES string of the molecule is CC(N)(CN1CCC(C(F)(F)F)CC1)C(N)=O. The maximum absolute atomic E-state index is 12.4. The lowest BCUT2D eigenvalue weighted by Gasteiger charge is -2.36. The molecule has 0 spiro atoms. The standard InChI is InChI=1S/C10H18F3N3O/c1-9(15,8(14)17)6-16-4-2-7(3-5-16)10(11,12)13/h7H,2-6,15H2,1H3,(H2,14,17). The number of primary amides is 1. The number of hydrogen-bond acceptors (Lipinski definition) is 3. The highest BCUT2D eigenvalue weighted by Gasteiger charge is 2.41. The van der Waals surface area contributed by atoms with Crippen LogP contribution in [-0.2, 0) is 4.79 Å². The molecular formula is C10H18F3N3O. The first-order chi connectivity index (χ1) is 7.63. The highest BCUT2D eigenvalue weighted by atomic mass is 19.4. The number of piperidine rings is 1. The second-order valence-electron chi connectivity index (χ2n) is 4.87. The molecular weight excluding hydrogens is 235 g/mol. The molecule has 1 fully saturated rings. The van der Waals surface area contributed by atoms with Crippen LogP contribution in [-0.4, -0.2) is 42.2 Å². The van der Waals surface area contributed by atoms with Crippen LogP contribution in [0, 0.1) is 5.92 Å². The van der Waals surface area contributed by atoms with E-state index in [9.17, 15) is 18.0 Å². The summed E-state index contributed by atoms with van der Waals surface area (Å²) in [6.45, 7) is 2.28. The molecule has 0 aromatic heterocycles. The van der Waals surface area contributed by atoms with Gasteiger partial charge in [0.15, 0.2) is 0 Å². The molecule has 0 bridgehead atoms. The minimum absolute atomic E-state index is 0.0539. The highest BCUT2D eigenvalue weighted by Crippen LogP contribution is 2.34. The number of nitrogens with zero attached hydrogens (tertiary/aromatic N) is 1. The van der Waals surface area contributed by atoms with E-state index in [-0.39, 0.29) is 19.4 Å². The van der Waals surface area contributed by atoms with E-state index in [1.165, 1.54) is 6.92 Å². The lowest BCUT2D eigenvalue weighted by molar-refractivity contribution is -0.185. The van der Waals surface area contributed by atoms with Crippen LogP contribution < -0.4 is 11.5 Å². The minimum Gasteiger partial charge on any atom is -0.368 e. The average molecular weight is 253 g/mol. The lowest BCUT2D eigenvalue weighted by Crippen LogP contribution is -2.58. The van der Waals surface area contributed by atoms with Gasteiger partial charge in [-0.05, 0) is 32.9 Å². The fourth-order valence-corrected chi connectivity index (χ4v) is 1.96. The van der Waals surface area contributed by atoms with Gasteiger partial charge < -0.3 is 16.4 Å². The van der Waals surface area contributed by atoms with Crippen LogP contribution in [0.15, 0.2) is 0 Å². The Morgan fingerprint density at radius 1 is 1.35 bits per heavy atom. The first kappa shape index (κ1) is 14.2. The van der Waals surface area contributed by atoms with Gasteiger partial charge in [0, 0.05) is 6.54 Å². The van der Waals surface area contributed by atoms with Gasteiger partial charge >= 0.3 is 6.18 Å². The summed E-state index contributed by atoms with van der Waals surface area (Å²) in [5.74, 6) is -1.88. The summed E-state index contributed by atoms with van der Waals surface area (Å²) in [6.07, 6.45) is -4.02. The number of halogens is 3. The van der Waals surface area contributed by atoms with Crippen LogP contribution in [0.1, 0.15) is 19.8 Å². The van der Waals surface area contributed by atoms with E-state index in [1.807, 2.05) is 0 Å². The van der Waals surface area contributed by atoms with Crippen molar-refractivity contribution in [1.82, 2.24) is 4.90 Å². The Labute approximate surface area is 98.1 Å². The monoisotopic (exact) mass is 253 g/mol. The number of hydrogen-bond donors (Lipinski definition) is 2. The van der Waals surface area contributed by atoms with Gasteiger partial charge in [-0.3, -0.25) is 4.79 Å². The molecule has 7 heteroatoms. The van der Waals surface area contributed by atoms with Crippen molar-refractivity contribution in [3.63, 3.8) is 0 Å². The topological polar surface area (TPSA) is 72.3 Å². The zero-order valence-corrected chi connectivity index (χ0v) is 9.76. The van der Waals surface area contributed by atoms with Crippen molar-refractivity contribution < 1.29 is 18.0 Å². The number of nitrogens with two attached hydrogens (primary N) is 2. The van der Waals surface area contributed by atoms with Gasteiger partial charge in [-0.2, -0.15) is 13.2 Å². The molecule has 4 N–H and O–H groups in total. The van der Waals surface area contributed by atoms with Crippen molar-refractivity contribution in [3.05, 3.63) is 0 Å². The molecule has 1 aliphatic heterocycles. The third-order valence-corrected chi connectivity index (χ3v) is 3.17. The molecule has 0 radical (unpaired) electrons. The Morgan fingerprint density at radius 3 is 2.18 bits per heavy atom. The lowest BCUT2D eigenvalue weighted by atomic mass is 9.94. The van der Waals surface area contributed by atoms with Gasteiger partial charge in [-0.1, -0.05) is 0 Å². The van der Waals surface area contributed by atoms with Gasteiger partial charge in [0.1, 0.15) is 5.54 Å². The third-order valence-electron chi connectivity index (χ3n) is 3.17. The normalized spacial score (nSPS) is 23.4.